The minimum absolute atomic E-state index is 0.0569. The number of nitrogens with two attached hydrogens (primary N) is 1. The number of primary amides is 1. The van der Waals surface area contributed by atoms with Gasteiger partial charge in [-0.05, 0) is 18.2 Å². The van der Waals surface area contributed by atoms with E-state index in [-0.39, 0.29) is 23.8 Å². The Kier molecular flexibility index (Phi) is 3.48. The molecule has 6 nitrogen and oxygen atoms in total. The number of hydrogen-bond donors (Lipinski definition) is 3. The normalized spacial score (nSPS) is 14.7. The van der Waals surface area contributed by atoms with Gasteiger partial charge in [0.15, 0.2) is 0 Å². The molecule has 1 heterocycles. The topological polar surface area (TPSA) is 95.7 Å². The van der Waals surface area contributed by atoms with Crippen molar-refractivity contribution >= 4 is 40.9 Å². The first kappa shape index (κ1) is 13.0. The molecule has 0 unspecified atom stereocenters. The van der Waals surface area contributed by atoms with Crippen LogP contribution >= 0.6 is 12.2 Å². The Labute approximate surface area is 114 Å². The van der Waals surface area contributed by atoms with Gasteiger partial charge in [0.25, 0.3) is 5.91 Å². The number of nitrogens with one attached hydrogen (secondary N) is 1. The lowest BCUT2D eigenvalue weighted by molar-refractivity contribution is -0.114. The Balaban J connectivity index is 2.27. The fourth-order valence-electron chi connectivity index (χ4n) is 1.80. The van der Waals surface area contributed by atoms with Crippen LogP contribution in [0.4, 0.5) is 16.2 Å². The first-order valence-corrected chi connectivity index (χ1v) is 5.85. The van der Waals surface area contributed by atoms with Gasteiger partial charge in [-0.15, -0.1) is 0 Å². The highest BCUT2D eigenvalue weighted by atomic mass is 32.1. The number of aliphatic hydroxyl groups is 1. The monoisotopic (exact) mass is 277 g/mol. The van der Waals surface area contributed by atoms with Crippen LogP contribution < -0.4 is 16.0 Å². The van der Waals surface area contributed by atoms with Crippen molar-refractivity contribution in [1.82, 2.24) is 0 Å². The van der Waals surface area contributed by atoms with Crippen molar-refractivity contribution in [2.24, 2.45) is 5.73 Å². The molecule has 19 heavy (non-hydrogen) atoms. The van der Waals surface area contributed by atoms with Crippen LogP contribution in [0, 0.1) is 0 Å². The fourth-order valence-corrected chi connectivity index (χ4v) is 2.03. The molecule has 4 N–H and O–H groups in total. The van der Waals surface area contributed by atoms with Gasteiger partial charge in [-0.1, -0.05) is 18.3 Å². The maximum absolute atomic E-state index is 12.0. The maximum Gasteiger partial charge on any atom is 0.316 e. The second-order valence-electron chi connectivity index (χ2n) is 3.91. The highest BCUT2D eigenvalue weighted by Crippen LogP contribution is 2.26. The smallest absolute Gasteiger partial charge is 0.316 e. The number of hydrogen-bond acceptors (Lipinski definition) is 4. The zero-order valence-corrected chi connectivity index (χ0v) is 10.6. The van der Waals surface area contributed by atoms with Crippen molar-refractivity contribution in [2.75, 3.05) is 16.8 Å². The van der Waals surface area contributed by atoms with Crippen LogP contribution in [-0.2, 0) is 4.79 Å². The van der Waals surface area contributed by atoms with Gasteiger partial charge in [-0.2, -0.15) is 0 Å². The Hall–Kier alpha value is -2.41. The summed E-state index contributed by atoms with van der Waals surface area (Å²) in [6.07, 6.45) is 0. The van der Waals surface area contributed by atoms with Gasteiger partial charge in [0.2, 0.25) is 0 Å². The number of aliphatic hydroxyl groups excluding tert-OH is 1. The Morgan fingerprint density at radius 2 is 2.26 bits per heavy atom. The molecule has 0 spiro atoms. The Bertz CT molecular complexity index is 598. The molecule has 0 bridgehead atoms. The molecule has 1 aromatic carbocycles. The van der Waals surface area contributed by atoms with Gasteiger partial charge < -0.3 is 21.1 Å². The molecule has 98 valence electrons. The van der Waals surface area contributed by atoms with Gasteiger partial charge in [0.1, 0.15) is 5.76 Å². The highest BCUT2D eigenvalue weighted by Gasteiger charge is 2.30. The molecule has 0 aliphatic carbocycles. The van der Waals surface area contributed by atoms with E-state index < -0.39 is 6.03 Å². The summed E-state index contributed by atoms with van der Waals surface area (Å²) in [5.41, 5.74) is 6.14. The SMILES string of the molecule is NC(=O)Nc1cccc(N2CC(O)=C(C=S)C2=O)c1. The highest BCUT2D eigenvalue weighted by molar-refractivity contribution is 7.79. The summed E-state index contributed by atoms with van der Waals surface area (Å²) in [6.45, 7) is 0.0569. The van der Waals surface area contributed by atoms with E-state index in [1.54, 1.807) is 24.3 Å². The summed E-state index contributed by atoms with van der Waals surface area (Å²) < 4.78 is 0. The van der Waals surface area contributed by atoms with Crippen molar-refractivity contribution in [3.05, 3.63) is 35.6 Å². The second kappa shape index (κ2) is 5.07. The molecule has 0 saturated carbocycles. The predicted octanol–water partition coefficient (Wildman–Crippen LogP) is 1.34. The van der Waals surface area contributed by atoms with E-state index >= 15 is 0 Å². The lowest BCUT2D eigenvalue weighted by Gasteiger charge is -2.17. The largest absolute Gasteiger partial charge is 0.510 e. The molecular weight excluding hydrogens is 266 g/mol. The molecule has 7 heteroatoms. The quantitative estimate of drug-likeness (QED) is 0.726. The van der Waals surface area contributed by atoms with E-state index in [1.807, 2.05) is 0 Å². The number of thiocarbonyl (C=S) groups is 1. The van der Waals surface area contributed by atoms with E-state index in [2.05, 4.69) is 17.5 Å². The third-order valence-electron chi connectivity index (χ3n) is 2.64. The zero-order chi connectivity index (χ0) is 14.0. The molecule has 0 saturated heterocycles. The van der Waals surface area contributed by atoms with Gasteiger partial charge in [0.05, 0.1) is 12.1 Å². The summed E-state index contributed by atoms with van der Waals surface area (Å²) in [5.74, 6) is -0.433. The maximum atomic E-state index is 12.0. The number of benzene rings is 1. The molecule has 0 atom stereocenters. The van der Waals surface area contributed by atoms with E-state index in [1.165, 1.54) is 4.90 Å². The Morgan fingerprint density at radius 1 is 1.53 bits per heavy atom. The van der Waals surface area contributed by atoms with Crippen LogP contribution in [0.5, 0.6) is 0 Å². The molecule has 3 amide bonds. The number of urea groups is 1. The van der Waals surface area contributed by atoms with Crippen LogP contribution in [0.3, 0.4) is 0 Å². The van der Waals surface area contributed by atoms with Gasteiger partial charge >= 0.3 is 6.03 Å². The van der Waals surface area contributed by atoms with Crippen molar-refractivity contribution in [3.8, 4) is 0 Å². The summed E-state index contributed by atoms with van der Waals surface area (Å²) >= 11 is 4.69. The van der Waals surface area contributed by atoms with E-state index in [4.69, 9.17) is 5.73 Å². The van der Waals surface area contributed by atoms with Crippen LogP contribution in [0.25, 0.3) is 0 Å². The van der Waals surface area contributed by atoms with Crippen molar-refractivity contribution < 1.29 is 14.7 Å². The fraction of sp³-hybridized carbons (Fsp3) is 0.0833. The van der Waals surface area contributed by atoms with E-state index in [0.29, 0.717) is 11.4 Å². The summed E-state index contributed by atoms with van der Waals surface area (Å²) in [6, 6.07) is 5.89. The number of amides is 3. The number of nitrogens with zero attached hydrogens (tertiary/aromatic N) is 1. The molecule has 1 aliphatic heterocycles. The second-order valence-corrected chi connectivity index (χ2v) is 4.14. The molecular formula is C12H11N3O3S. The lowest BCUT2D eigenvalue weighted by Crippen LogP contribution is -2.27. The predicted molar refractivity (Wildman–Crippen MR) is 75.3 cm³/mol. The third-order valence-corrected chi connectivity index (χ3v) is 2.87. The summed E-state index contributed by atoms with van der Waals surface area (Å²) in [4.78, 5) is 24.1. The zero-order valence-electron chi connectivity index (χ0n) is 9.79. The standard InChI is InChI=1S/C12H11N3O3S/c13-12(18)14-7-2-1-3-8(4-7)15-5-10(16)9(6-19)11(15)17/h1-4,6,16H,5H2,(H3,13,14,18). The number of rotatable bonds is 3. The number of anilines is 2. The van der Waals surface area contributed by atoms with Crippen molar-refractivity contribution in [1.29, 1.82) is 0 Å². The average Bonchev–Trinajstić information content (AvgIpc) is 2.64. The molecule has 0 radical (unpaired) electrons. The summed E-state index contributed by atoms with van der Waals surface area (Å²) in [7, 11) is 0. The van der Waals surface area contributed by atoms with Crippen LogP contribution in [0.15, 0.2) is 35.6 Å². The number of carbonyl (C=O) groups excluding carboxylic acids is 2. The Morgan fingerprint density at radius 3 is 2.84 bits per heavy atom. The van der Waals surface area contributed by atoms with Crippen LogP contribution in [0.2, 0.25) is 0 Å². The van der Waals surface area contributed by atoms with E-state index in [0.717, 1.165) is 5.37 Å². The van der Waals surface area contributed by atoms with Gasteiger partial charge in [0, 0.05) is 16.7 Å². The molecule has 1 aliphatic rings. The number of carbonyl (C=O) groups is 2. The first-order valence-electron chi connectivity index (χ1n) is 5.38. The minimum Gasteiger partial charge on any atom is -0.510 e. The van der Waals surface area contributed by atoms with Gasteiger partial charge in [-0.3, -0.25) is 4.79 Å². The summed E-state index contributed by atoms with van der Waals surface area (Å²) in [5, 5.41) is 13.2. The van der Waals surface area contributed by atoms with Crippen molar-refractivity contribution in [2.45, 2.75) is 0 Å². The molecule has 0 fully saturated rings. The van der Waals surface area contributed by atoms with Gasteiger partial charge in [-0.25, -0.2) is 4.79 Å². The first-order chi connectivity index (χ1) is 9.02. The third kappa shape index (κ3) is 2.55. The molecule has 0 aromatic heterocycles. The van der Waals surface area contributed by atoms with E-state index in [9.17, 15) is 14.7 Å². The van der Waals surface area contributed by atoms with Crippen molar-refractivity contribution in [3.63, 3.8) is 0 Å². The lowest BCUT2D eigenvalue weighted by atomic mass is 10.2. The minimum atomic E-state index is -0.689. The van der Waals surface area contributed by atoms with Crippen LogP contribution in [0.1, 0.15) is 0 Å². The molecule has 1 aromatic rings. The molecule has 2 rings (SSSR count). The van der Waals surface area contributed by atoms with Crippen LogP contribution in [-0.4, -0.2) is 29.0 Å². The average molecular weight is 277 g/mol.